The predicted molar refractivity (Wildman–Crippen MR) is 103 cm³/mol. The van der Waals surface area contributed by atoms with Crippen LogP contribution >= 0.6 is 7.60 Å². The molecule has 0 saturated heterocycles. The highest BCUT2D eigenvalue weighted by molar-refractivity contribution is 7.53. The van der Waals surface area contributed by atoms with Crippen molar-refractivity contribution in [2.75, 3.05) is 6.66 Å². The fourth-order valence-corrected chi connectivity index (χ4v) is 4.12. The van der Waals surface area contributed by atoms with Gasteiger partial charge in [-0.3, -0.25) is 4.52 Å². The number of phenols is 1. The molecule has 2 rings (SSSR count). The van der Waals surface area contributed by atoms with Crippen LogP contribution < -0.4 is 4.52 Å². The van der Waals surface area contributed by atoms with E-state index in [2.05, 4.69) is 0 Å². The third-order valence-corrected chi connectivity index (χ3v) is 5.68. The summed E-state index contributed by atoms with van der Waals surface area (Å²) >= 11 is 0. The van der Waals surface area contributed by atoms with E-state index < -0.39 is 18.8 Å². The molecule has 0 fully saturated rings. The maximum Gasteiger partial charge on any atom is 0.376 e. The Bertz CT molecular complexity index is 813. The molecule has 2 atom stereocenters. The molecule has 2 N–H and O–H groups in total. The van der Waals surface area contributed by atoms with E-state index in [1.165, 1.54) is 6.66 Å². The summed E-state index contributed by atoms with van der Waals surface area (Å²) < 4.78 is 24.3. The molecule has 0 aliphatic heterocycles. The highest BCUT2D eigenvalue weighted by atomic mass is 31.2. The van der Waals surface area contributed by atoms with Gasteiger partial charge in [0.15, 0.2) is 0 Å². The third kappa shape index (κ3) is 5.10. The van der Waals surface area contributed by atoms with Crippen LogP contribution in [0.25, 0.3) is 0 Å². The minimum Gasteiger partial charge on any atom is -0.508 e. The van der Waals surface area contributed by atoms with Crippen LogP contribution in [0.2, 0.25) is 0 Å². The number of hydrogen-bond acceptors (Lipinski definition) is 5. The summed E-state index contributed by atoms with van der Waals surface area (Å²) in [5.74, 6) is 0.481. The van der Waals surface area contributed by atoms with E-state index in [1.54, 1.807) is 69.3 Å². The van der Waals surface area contributed by atoms with E-state index in [1.807, 2.05) is 6.92 Å². The lowest BCUT2D eigenvalue weighted by molar-refractivity contribution is 0.0527. The first-order chi connectivity index (χ1) is 12.0. The molecule has 5 nitrogen and oxygen atoms in total. The van der Waals surface area contributed by atoms with E-state index in [0.717, 1.165) is 0 Å². The Hall–Kier alpha value is -1.81. The Morgan fingerprint density at radius 3 is 2.27 bits per heavy atom. The number of aliphatic hydroxyl groups is 1. The molecule has 26 heavy (non-hydrogen) atoms. The molecule has 6 heteroatoms. The van der Waals surface area contributed by atoms with E-state index in [-0.39, 0.29) is 5.75 Å². The molecule has 0 aromatic heterocycles. The summed E-state index contributed by atoms with van der Waals surface area (Å²) in [7, 11) is -3.46. The first-order valence-electron chi connectivity index (χ1n) is 8.55. The smallest absolute Gasteiger partial charge is 0.376 e. The zero-order chi connectivity index (χ0) is 19.6. The summed E-state index contributed by atoms with van der Waals surface area (Å²) in [6, 6.07) is 13.5. The van der Waals surface area contributed by atoms with Crippen molar-refractivity contribution in [3.8, 4) is 11.5 Å². The van der Waals surface area contributed by atoms with Crippen LogP contribution in [0.15, 0.2) is 48.5 Å². The van der Waals surface area contributed by atoms with E-state index in [0.29, 0.717) is 23.3 Å². The largest absolute Gasteiger partial charge is 0.508 e. The molecular formula is C20H27O5P. The molecule has 2 aromatic rings. The maximum atomic E-state index is 12.9. The molecule has 0 bridgehead atoms. The summed E-state index contributed by atoms with van der Waals surface area (Å²) in [5, 5.41) is 20.1. The second kappa shape index (κ2) is 7.43. The lowest BCUT2D eigenvalue weighted by Gasteiger charge is -2.29. The van der Waals surface area contributed by atoms with Gasteiger partial charge in [0, 0.05) is 6.66 Å². The standard InChI is InChI=1S/C20H27O5P/c1-6-20(4,22)16-10-8-12-18(14-16)24-26(5,23)25-19(2,3)15-9-7-11-17(21)13-15/h7-14,21-22H,6H2,1-5H3. The number of hydrogen-bond donors (Lipinski definition) is 2. The minimum absolute atomic E-state index is 0.112. The molecule has 0 saturated carbocycles. The van der Waals surface area contributed by atoms with Crippen LogP contribution in [-0.2, 0) is 20.3 Å². The molecule has 2 unspecified atom stereocenters. The van der Waals surface area contributed by atoms with Crippen molar-refractivity contribution >= 4 is 7.60 Å². The highest BCUT2D eigenvalue weighted by Gasteiger charge is 2.32. The van der Waals surface area contributed by atoms with Gasteiger partial charge >= 0.3 is 7.60 Å². The van der Waals surface area contributed by atoms with Crippen molar-refractivity contribution in [1.82, 2.24) is 0 Å². The van der Waals surface area contributed by atoms with Crippen molar-refractivity contribution in [3.05, 3.63) is 59.7 Å². The normalized spacial score (nSPS) is 16.5. The lowest BCUT2D eigenvalue weighted by Crippen LogP contribution is -2.21. The van der Waals surface area contributed by atoms with Gasteiger partial charge in [-0.05, 0) is 62.6 Å². The van der Waals surface area contributed by atoms with Gasteiger partial charge in [-0.1, -0.05) is 31.2 Å². The van der Waals surface area contributed by atoms with Crippen molar-refractivity contribution in [2.45, 2.75) is 45.3 Å². The molecule has 0 radical (unpaired) electrons. The number of rotatable bonds is 7. The van der Waals surface area contributed by atoms with Crippen molar-refractivity contribution in [3.63, 3.8) is 0 Å². The molecule has 2 aromatic carbocycles. The fraction of sp³-hybridized carbons (Fsp3) is 0.400. The van der Waals surface area contributed by atoms with Gasteiger partial charge in [0.25, 0.3) is 0 Å². The van der Waals surface area contributed by atoms with Crippen LogP contribution in [-0.4, -0.2) is 16.9 Å². The summed E-state index contributed by atoms with van der Waals surface area (Å²) in [5.41, 5.74) is -0.537. The topological polar surface area (TPSA) is 76.0 Å². The second-order valence-corrected chi connectivity index (χ2v) is 9.08. The first-order valence-corrected chi connectivity index (χ1v) is 10.5. The molecular weight excluding hydrogens is 351 g/mol. The maximum absolute atomic E-state index is 12.9. The zero-order valence-corrected chi connectivity index (χ0v) is 16.8. The van der Waals surface area contributed by atoms with Crippen LogP contribution in [0.3, 0.4) is 0 Å². The van der Waals surface area contributed by atoms with Gasteiger partial charge in [-0.25, -0.2) is 4.57 Å². The number of aromatic hydroxyl groups is 1. The Morgan fingerprint density at radius 1 is 1.04 bits per heavy atom. The minimum atomic E-state index is -3.46. The average Bonchev–Trinajstić information content (AvgIpc) is 2.53. The average molecular weight is 378 g/mol. The Balaban J connectivity index is 2.21. The molecule has 0 spiro atoms. The second-order valence-electron chi connectivity index (χ2n) is 7.17. The monoisotopic (exact) mass is 378 g/mol. The van der Waals surface area contributed by atoms with Crippen molar-refractivity contribution < 1.29 is 23.8 Å². The summed E-state index contributed by atoms with van der Waals surface area (Å²) in [6.07, 6.45) is 0.543. The van der Waals surface area contributed by atoms with Gasteiger partial charge in [0.1, 0.15) is 11.5 Å². The highest BCUT2D eigenvalue weighted by Crippen LogP contribution is 2.51. The van der Waals surface area contributed by atoms with Gasteiger partial charge in [0.05, 0.1) is 11.2 Å². The summed E-state index contributed by atoms with van der Waals surface area (Å²) in [4.78, 5) is 0. The van der Waals surface area contributed by atoms with Crippen LogP contribution in [0.1, 0.15) is 45.2 Å². The van der Waals surface area contributed by atoms with Crippen molar-refractivity contribution in [2.24, 2.45) is 0 Å². The Morgan fingerprint density at radius 2 is 1.65 bits per heavy atom. The lowest BCUT2D eigenvalue weighted by atomic mass is 9.93. The van der Waals surface area contributed by atoms with Crippen molar-refractivity contribution in [1.29, 1.82) is 0 Å². The number of phenolic OH excluding ortho intramolecular Hbond substituents is 1. The Labute approximate surface area is 155 Å². The van der Waals surface area contributed by atoms with Crippen LogP contribution in [0, 0.1) is 0 Å². The van der Waals surface area contributed by atoms with Crippen LogP contribution in [0.4, 0.5) is 0 Å². The van der Waals surface area contributed by atoms with Gasteiger partial charge in [0.2, 0.25) is 0 Å². The van der Waals surface area contributed by atoms with E-state index in [9.17, 15) is 14.8 Å². The third-order valence-electron chi connectivity index (χ3n) is 4.35. The fourth-order valence-electron chi connectivity index (χ4n) is 2.65. The summed E-state index contributed by atoms with van der Waals surface area (Å²) in [6.45, 7) is 8.54. The SMILES string of the molecule is CCC(C)(O)c1cccc(OP(C)(=O)OC(C)(C)c2cccc(O)c2)c1. The first kappa shape index (κ1) is 20.5. The quantitative estimate of drug-likeness (QED) is 0.651. The predicted octanol–water partition coefficient (Wildman–Crippen LogP) is 5.16. The Kier molecular flexibility index (Phi) is 5.86. The van der Waals surface area contributed by atoms with E-state index in [4.69, 9.17) is 9.05 Å². The zero-order valence-electron chi connectivity index (χ0n) is 15.9. The molecule has 0 amide bonds. The van der Waals surface area contributed by atoms with Crippen LogP contribution in [0.5, 0.6) is 11.5 Å². The number of benzene rings is 2. The molecule has 0 aliphatic carbocycles. The van der Waals surface area contributed by atoms with E-state index >= 15 is 0 Å². The molecule has 142 valence electrons. The molecule has 0 aliphatic rings. The molecule has 0 heterocycles. The van der Waals surface area contributed by atoms with Gasteiger partial charge in [-0.15, -0.1) is 0 Å². The van der Waals surface area contributed by atoms with Gasteiger partial charge < -0.3 is 14.7 Å². The van der Waals surface area contributed by atoms with Gasteiger partial charge in [-0.2, -0.15) is 0 Å².